The Morgan fingerprint density at radius 3 is 1.93 bits per heavy atom. The minimum atomic E-state index is -0.436. The number of hydrogen-bond acceptors (Lipinski definition) is 4. The average Bonchev–Trinajstić information content (AvgIpc) is 3.01. The highest BCUT2D eigenvalue weighted by Crippen LogP contribution is 2.31. The summed E-state index contributed by atoms with van der Waals surface area (Å²) in [6.07, 6.45) is 1.73. The minimum absolute atomic E-state index is 0.0268. The van der Waals surface area contributed by atoms with Crippen LogP contribution in [0.3, 0.4) is 0 Å². The van der Waals surface area contributed by atoms with Crippen molar-refractivity contribution >= 4 is 17.9 Å². The molecule has 4 heteroatoms. The van der Waals surface area contributed by atoms with Crippen molar-refractivity contribution in [2.24, 2.45) is 4.99 Å². The van der Waals surface area contributed by atoms with Crippen LogP contribution in [0.5, 0.6) is 5.75 Å². The normalized spacial score (nSPS) is 16.0. The van der Waals surface area contributed by atoms with Gasteiger partial charge in [0.1, 0.15) is 5.75 Å². The molecular formula is C25H29NO3. The number of rotatable bonds is 3. The Morgan fingerprint density at radius 1 is 0.897 bits per heavy atom. The molecule has 152 valence electrons. The molecule has 0 aromatic heterocycles. The van der Waals surface area contributed by atoms with E-state index in [4.69, 9.17) is 9.47 Å². The highest BCUT2D eigenvalue weighted by Gasteiger charge is 2.27. The summed E-state index contributed by atoms with van der Waals surface area (Å²) in [5, 5.41) is 0. The Labute approximate surface area is 173 Å². The number of aliphatic imine (C=N–C) groups is 1. The van der Waals surface area contributed by atoms with E-state index in [-0.39, 0.29) is 10.8 Å². The predicted molar refractivity (Wildman–Crippen MR) is 117 cm³/mol. The van der Waals surface area contributed by atoms with Gasteiger partial charge in [-0.2, -0.15) is 0 Å². The van der Waals surface area contributed by atoms with Gasteiger partial charge in [0.2, 0.25) is 5.90 Å². The molecule has 0 fully saturated rings. The Kier molecular flexibility index (Phi) is 5.40. The zero-order chi connectivity index (χ0) is 21.4. The van der Waals surface area contributed by atoms with Crippen molar-refractivity contribution in [1.29, 1.82) is 0 Å². The number of hydrogen-bond donors (Lipinski definition) is 0. The second-order valence-corrected chi connectivity index (χ2v) is 9.41. The number of methoxy groups -OCH3 is 1. The van der Waals surface area contributed by atoms with E-state index in [2.05, 4.69) is 64.7 Å². The van der Waals surface area contributed by atoms with Crippen molar-refractivity contribution in [3.8, 4) is 5.75 Å². The van der Waals surface area contributed by atoms with E-state index in [1.54, 1.807) is 13.2 Å². The molecule has 0 N–H and O–H groups in total. The molecule has 0 radical (unpaired) electrons. The second kappa shape index (κ2) is 7.51. The molecule has 0 atom stereocenters. The van der Waals surface area contributed by atoms with Crippen LogP contribution in [0.2, 0.25) is 0 Å². The van der Waals surface area contributed by atoms with Gasteiger partial charge in [-0.3, -0.25) is 0 Å². The Hall–Kier alpha value is -2.88. The number of carbonyl (C=O) groups is 1. The zero-order valence-corrected chi connectivity index (χ0v) is 18.3. The van der Waals surface area contributed by atoms with Crippen molar-refractivity contribution in [1.82, 2.24) is 0 Å². The maximum Gasteiger partial charge on any atom is 0.363 e. The molecule has 2 aromatic rings. The molecule has 0 bridgehead atoms. The lowest BCUT2D eigenvalue weighted by Crippen LogP contribution is -2.18. The summed E-state index contributed by atoms with van der Waals surface area (Å²) in [7, 11) is 1.62. The van der Waals surface area contributed by atoms with Crippen LogP contribution in [0, 0.1) is 0 Å². The van der Waals surface area contributed by atoms with E-state index in [0.717, 1.165) is 16.9 Å². The van der Waals surface area contributed by atoms with E-state index < -0.39 is 5.97 Å². The molecule has 0 amide bonds. The fourth-order valence-corrected chi connectivity index (χ4v) is 3.01. The molecule has 0 saturated heterocycles. The molecule has 3 rings (SSSR count). The van der Waals surface area contributed by atoms with E-state index in [1.807, 2.05) is 24.3 Å². The lowest BCUT2D eigenvalue weighted by Gasteiger charge is -2.26. The van der Waals surface area contributed by atoms with Crippen LogP contribution in [-0.4, -0.2) is 19.0 Å². The first-order valence-electron chi connectivity index (χ1n) is 9.80. The maximum absolute atomic E-state index is 12.4. The Bertz CT molecular complexity index is 952. The molecule has 0 saturated carbocycles. The average molecular weight is 392 g/mol. The van der Waals surface area contributed by atoms with Crippen LogP contribution >= 0.6 is 0 Å². The first-order chi connectivity index (χ1) is 13.5. The largest absolute Gasteiger partial charge is 0.497 e. The monoisotopic (exact) mass is 391 g/mol. The highest BCUT2D eigenvalue weighted by atomic mass is 16.6. The number of esters is 1. The Balaban J connectivity index is 2.02. The summed E-state index contributed by atoms with van der Waals surface area (Å²) in [5.41, 5.74) is 4.30. The van der Waals surface area contributed by atoms with Crippen molar-refractivity contribution in [3.63, 3.8) is 0 Å². The Morgan fingerprint density at radius 2 is 1.45 bits per heavy atom. The predicted octanol–water partition coefficient (Wildman–Crippen LogP) is 5.63. The molecule has 1 heterocycles. The van der Waals surface area contributed by atoms with Gasteiger partial charge < -0.3 is 9.47 Å². The standard InChI is InChI=1S/C25H29NO3/c1-24(2,3)18-13-17(14-19(15-18)25(4,5)6)22-26-21(23(27)29-22)12-16-8-10-20(28-7)11-9-16/h8-15H,1-7H3/b21-12+. The fourth-order valence-electron chi connectivity index (χ4n) is 3.01. The van der Waals surface area contributed by atoms with Gasteiger partial charge >= 0.3 is 5.97 Å². The topological polar surface area (TPSA) is 47.9 Å². The van der Waals surface area contributed by atoms with Gasteiger partial charge in [0, 0.05) is 5.56 Å². The summed E-state index contributed by atoms with van der Waals surface area (Å²) in [6.45, 7) is 13.1. The minimum Gasteiger partial charge on any atom is -0.497 e. The quantitative estimate of drug-likeness (QED) is 0.503. The smallest absolute Gasteiger partial charge is 0.363 e. The van der Waals surface area contributed by atoms with Gasteiger partial charge in [0.15, 0.2) is 5.70 Å². The zero-order valence-electron chi connectivity index (χ0n) is 18.3. The molecule has 0 aliphatic carbocycles. The SMILES string of the molecule is COc1ccc(/C=C2/N=C(c3cc(C(C)(C)C)cc(C(C)(C)C)c3)OC2=O)cc1. The molecule has 4 nitrogen and oxygen atoms in total. The van der Waals surface area contributed by atoms with Crippen LogP contribution in [0.25, 0.3) is 6.08 Å². The molecule has 1 aliphatic rings. The molecular weight excluding hydrogens is 362 g/mol. The first-order valence-corrected chi connectivity index (χ1v) is 9.80. The summed E-state index contributed by atoms with van der Waals surface area (Å²) in [5.74, 6) is 0.680. The fraction of sp³-hybridized carbons (Fsp3) is 0.360. The van der Waals surface area contributed by atoms with Crippen molar-refractivity contribution in [3.05, 3.63) is 70.4 Å². The molecule has 0 spiro atoms. The van der Waals surface area contributed by atoms with Crippen LogP contribution < -0.4 is 4.74 Å². The van der Waals surface area contributed by atoms with E-state index in [1.165, 1.54) is 11.1 Å². The summed E-state index contributed by atoms with van der Waals surface area (Å²) < 4.78 is 10.7. The van der Waals surface area contributed by atoms with Crippen molar-refractivity contribution < 1.29 is 14.3 Å². The van der Waals surface area contributed by atoms with E-state index in [9.17, 15) is 4.79 Å². The van der Waals surface area contributed by atoms with Gasteiger partial charge in [-0.15, -0.1) is 0 Å². The lowest BCUT2D eigenvalue weighted by molar-refractivity contribution is -0.129. The van der Waals surface area contributed by atoms with Crippen LogP contribution in [-0.2, 0) is 20.4 Å². The molecule has 2 aromatic carbocycles. The third kappa shape index (κ3) is 4.76. The van der Waals surface area contributed by atoms with Gasteiger partial charge in [-0.25, -0.2) is 9.79 Å². The molecule has 29 heavy (non-hydrogen) atoms. The van der Waals surface area contributed by atoms with Gasteiger partial charge in [-0.1, -0.05) is 59.7 Å². The third-order valence-corrected chi connectivity index (χ3v) is 4.95. The molecule has 1 aliphatic heterocycles. The van der Waals surface area contributed by atoms with Gasteiger partial charge in [0.25, 0.3) is 0 Å². The number of ether oxygens (including phenoxy) is 2. The van der Waals surface area contributed by atoms with Crippen molar-refractivity contribution in [2.75, 3.05) is 7.11 Å². The van der Waals surface area contributed by atoms with Gasteiger partial charge in [0.05, 0.1) is 7.11 Å². The number of benzene rings is 2. The van der Waals surface area contributed by atoms with Crippen LogP contribution in [0.4, 0.5) is 0 Å². The first kappa shape index (κ1) is 20.8. The van der Waals surface area contributed by atoms with Crippen molar-refractivity contribution in [2.45, 2.75) is 52.4 Å². The van der Waals surface area contributed by atoms with Crippen LogP contribution in [0.15, 0.2) is 53.2 Å². The van der Waals surface area contributed by atoms with E-state index in [0.29, 0.717) is 11.6 Å². The summed E-state index contributed by atoms with van der Waals surface area (Å²) in [4.78, 5) is 16.9. The summed E-state index contributed by atoms with van der Waals surface area (Å²) >= 11 is 0. The number of carbonyl (C=O) groups excluding carboxylic acids is 1. The maximum atomic E-state index is 12.4. The van der Waals surface area contributed by atoms with Crippen LogP contribution in [0.1, 0.15) is 63.8 Å². The second-order valence-electron chi connectivity index (χ2n) is 9.41. The molecule has 0 unspecified atom stereocenters. The summed E-state index contributed by atoms with van der Waals surface area (Å²) in [6, 6.07) is 13.8. The number of nitrogens with zero attached hydrogens (tertiary/aromatic N) is 1. The number of cyclic esters (lactones) is 1. The lowest BCUT2D eigenvalue weighted by atomic mass is 9.79. The highest BCUT2D eigenvalue weighted by molar-refractivity contribution is 6.13. The van der Waals surface area contributed by atoms with E-state index >= 15 is 0 Å². The van der Waals surface area contributed by atoms with Gasteiger partial charge in [-0.05, 0) is 57.9 Å². The third-order valence-electron chi connectivity index (χ3n) is 4.95.